The molecule has 1 unspecified atom stereocenters. The van der Waals surface area contributed by atoms with E-state index in [1.165, 1.54) is 23.3 Å². The molecule has 0 fully saturated rings. The normalized spacial score (nSPS) is 17.3. The number of benzene rings is 2. The van der Waals surface area contributed by atoms with Crippen LogP contribution >= 0.6 is 0 Å². The largest absolute Gasteiger partial charge is 0.375 e. The van der Waals surface area contributed by atoms with Crippen molar-refractivity contribution in [3.8, 4) is 0 Å². The Balaban J connectivity index is 1.67. The molecule has 0 aliphatic carbocycles. The first-order valence-corrected chi connectivity index (χ1v) is 12.8. The molecule has 0 spiro atoms. The Kier molecular flexibility index (Phi) is 6.76. The summed E-state index contributed by atoms with van der Waals surface area (Å²) < 4.78 is 29.7. The van der Waals surface area contributed by atoms with Crippen LogP contribution in [-0.4, -0.2) is 9.78 Å². The minimum atomic E-state index is -2.86. The fourth-order valence-corrected chi connectivity index (χ4v) is 5.48. The number of aryl methyl sites for hydroxylation is 1. The highest BCUT2D eigenvalue weighted by Gasteiger charge is 2.37. The van der Waals surface area contributed by atoms with Crippen LogP contribution in [0.5, 0.6) is 0 Å². The van der Waals surface area contributed by atoms with Crippen molar-refractivity contribution in [1.29, 1.82) is 0 Å². The van der Waals surface area contributed by atoms with Crippen LogP contribution in [0.4, 0.5) is 14.6 Å². The summed E-state index contributed by atoms with van der Waals surface area (Å²) in [4.78, 5) is 0. The highest BCUT2D eigenvalue weighted by Crippen LogP contribution is 2.42. The molecule has 1 aliphatic heterocycles. The number of halogens is 2. The second-order valence-corrected chi connectivity index (χ2v) is 10.7. The van der Waals surface area contributed by atoms with Crippen LogP contribution in [0.2, 0.25) is 0 Å². The zero-order valence-electron chi connectivity index (χ0n) is 22.3. The molecule has 2 heterocycles. The predicted molar refractivity (Wildman–Crippen MR) is 144 cm³/mol. The van der Waals surface area contributed by atoms with Crippen molar-refractivity contribution in [3.05, 3.63) is 89.1 Å². The molecular weight excluding hydrogens is 454 g/mol. The molecule has 3 aromatic rings. The van der Waals surface area contributed by atoms with E-state index in [0.29, 0.717) is 0 Å². The number of aromatic nitrogens is 2. The molecule has 192 valence electrons. The molecule has 36 heavy (non-hydrogen) atoms. The van der Waals surface area contributed by atoms with Crippen LogP contribution in [0, 0.1) is 6.92 Å². The first-order chi connectivity index (χ1) is 16.9. The highest BCUT2D eigenvalue weighted by atomic mass is 19.3. The van der Waals surface area contributed by atoms with E-state index in [1.807, 2.05) is 18.3 Å². The van der Waals surface area contributed by atoms with E-state index in [-0.39, 0.29) is 17.1 Å². The summed E-state index contributed by atoms with van der Waals surface area (Å²) >= 11 is 0. The van der Waals surface area contributed by atoms with Crippen molar-refractivity contribution < 1.29 is 8.78 Å². The Bertz CT molecular complexity index is 1230. The SMILES string of the molecule is C=C(NC(CC)(CC)c1ccc(C(C)(F)F)cc1)c1cnn2c1NC(c1ccccc1C)CC2(C)C. The van der Waals surface area contributed by atoms with Gasteiger partial charge in [0.15, 0.2) is 0 Å². The van der Waals surface area contributed by atoms with E-state index < -0.39 is 11.5 Å². The Labute approximate surface area is 213 Å². The molecular formula is C30H38F2N4. The molecule has 0 bridgehead atoms. The van der Waals surface area contributed by atoms with Crippen LogP contribution < -0.4 is 10.6 Å². The number of fused-ring (bicyclic) bond motifs is 1. The van der Waals surface area contributed by atoms with Gasteiger partial charge in [0, 0.05) is 18.2 Å². The zero-order chi connectivity index (χ0) is 26.3. The molecule has 4 nitrogen and oxygen atoms in total. The maximum absolute atomic E-state index is 13.8. The van der Waals surface area contributed by atoms with Crippen LogP contribution in [-0.2, 0) is 17.0 Å². The van der Waals surface area contributed by atoms with E-state index in [4.69, 9.17) is 5.10 Å². The third-order valence-corrected chi connectivity index (χ3v) is 7.79. The molecule has 6 heteroatoms. The molecule has 1 atom stereocenters. The molecule has 1 aliphatic rings. The Morgan fingerprint density at radius 1 is 1.11 bits per heavy atom. The van der Waals surface area contributed by atoms with Gasteiger partial charge in [-0.3, -0.25) is 0 Å². The second-order valence-electron chi connectivity index (χ2n) is 10.7. The van der Waals surface area contributed by atoms with Crippen LogP contribution in [0.3, 0.4) is 0 Å². The number of anilines is 1. The summed E-state index contributed by atoms with van der Waals surface area (Å²) in [6.07, 6.45) is 4.34. The summed E-state index contributed by atoms with van der Waals surface area (Å²) in [7, 11) is 0. The van der Waals surface area contributed by atoms with Gasteiger partial charge in [0.1, 0.15) is 5.82 Å². The lowest BCUT2D eigenvalue weighted by Crippen LogP contribution is -2.41. The van der Waals surface area contributed by atoms with E-state index in [9.17, 15) is 8.78 Å². The summed E-state index contributed by atoms with van der Waals surface area (Å²) in [5.74, 6) is -1.92. The molecule has 2 aromatic carbocycles. The summed E-state index contributed by atoms with van der Waals surface area (Å²) in [5.41, 5.74) is 4.59. The van der Waals surface area contributed by atoms with Gasteiger partial charge >= 0.3 is 0 Å². The summed E-state index contributed by atoms with van der Waals surface area (Å²) in [5, 5.41) is 12.2. The minimum absolute atomic E-state index is 0.0190. The van der Waals surface area contributed by atoms with E-state index in [0.717, 1.165) is 48.8 Å². The number of hydrogen-bond donors (Lipinski definition) is 2. The lowest BCUT2D eigenvalue weighted by atomic mass is 9.83. The predicted octanol–water partition coefficient (Wildman–Crippen LogP) is 7.87. The quantitative estimate of drug-likeness (QED) is 0.336. The van der Waals surface area contributed by atoms with Gasteiger partial charge in [-0.2, -0.15) is 5.10 Å². The number of nitrogens with one attached hydrogen (secondary N) is 2. The lowest BCUT2D eigenvalue weighted by Gasteiger charge is -2.40. The Morgan fingerprint density at radius 3 is 2.31 bits per heavy atom. The van der Waals surface area contributed by atoms with E-state index in [2.05, 4.69) is 80.8 Å². The fourth-order valence-electron chi connectivity index (χ4n) is 5.48. The van der Waals surface area contributed by atoms with Gasteiger partial charge in [-0.05, 0) is 56.7 Å². The van der Waals surface area contributed by atoms with E-state index >= 15 is 0 Å². The van der Waals surface area contributed by atoms with Gasteiger partial charge in [-0.25, -0.2) is 13.5 Å². The number of hydrogen-bond acceptors (Lipinski definition) is 3. The lowest BCUT2D eigenvalue weighted by molar-refractivity contribution is 0.0174. The van der Waals surface area contributed by atoms with Gasteiger partial charge in [0.05, 0.1) is 28.9 Å². The number of rotatable bonds is 8. The zero-order valence-corrected chi connectivity index (χ0v) is 22.3. The number of nitrogens with zero attached hydrogens (tertiary/aromatic N) is 2. The van der Waals surface area contributed by atoms with Gasteiger partial charge in [0.25, 0.3) is 5.92 Å². The molecule has 0 amide bonds. The van der Waals surface area contributed by atoms with Crippen LogP contribution in [0.1, 0.15) is 87.7 Å². The monoisotopic (exact) mass is 492 g/mol. The Morgan fingerprint density at radius 2 is 1.72 bits per heavy atom. The third-order valence-electron chi connectivity index (χ3n) is 7.79. The third kappa shape index (κ3) is 4.65. The van der Waals surface area contributed by atoms with E-state index in [1.54, 1.807) is 0 Å². The molecule has 0 saturated heterocycles. The van der Waals surface area contributed by atoms with Crippen molar-refractivity contribution in [1.82, 2.24) is 15.1 Å². The molecule has 1 aromatic heterocycles. The average molecular weight is 493 g/mol. The van der Waals surface area contributed by atoms with Crippen molar-refractivity contribution >= 4 is 11.5 Å². The van der Waals surface area contributed by atoms with Gasteiger partial charge < -0.3 is 10.6 Å². The van der Waals surface area contributed by atoms with Crippen LogP contribution in [0.25, 0.3) is 5.70 Å². The van der Waals surface area contributed by atoms with Crippen molar-refractivity contribution in [3.63, 3.8) is 0 Å². The number of alkyl halides is 2. The molecule has 4 rings (SSSR count). The average Bonchev–Trinajstić information content (AvgIpc) is 3.27. The van der Waals surface area contributed by atoms with Crippen molar-refractivity contribution in [2.75, 3.05) is 5.32 Å². The van der Waals surface area contributed by atoms with Gasteiger partial charge in [-0.1, -0.05) is 69.0 Å². The van der Waals surface area contributed by atoms with Crippen molar-refractivity contribution in [2.24, 2.45) is 0 Å². The maximum Gasteiger partial charge on any atom is 0.270 e. The summed E-state index contributed by atoms with van der Waals surface area (Å²) in [6, 6.07) is 15.3. The molecule has 0 radical (unpaired) electrons. The second kappa shape index (κ2) is 9.38. The first-order valence-electron chi connectivity index (χ1n) is 12.8. The Hall–Kier alpha value is -3.15. The fraction of sp³-hybridized carbons (Fsp3) is 0.433. The summed E-state index contributed by atoms with van der Waals surface area (Å²) in [6.45, 7) is 16.1. The standard InChI is InChI=1S/C30H38F2N4/c1-8-30(9-2,23-16-14-22(15-17-23)29(7,31)32)35-21(4)25-19-33-36-27(25)34-26(18-28(36,5)6)24-13-11-10-12-20(24)3/h10-17,19,26,34-35H,4,8-9,18H2,1-3,5-7H3. The van der Waals surface area contributed by atoms with Gasteiger partial charge in [-0.15, -0.1) is 0 Å². The first kappa shape index (κ1) is 25.9. The molecule has 0 saturated carbocycles. The molecule has 2 N–H and O–H groups in total. The van der Waals surface area contributed by atoms with Gasteiger partial charge in [0.2, 0.25) is 0 Å². The topological polar surface area (TPSA) is 41.9 Å². The minimum Gasteiger partial charge on any atom is -0.375 e. The maximum atomic E-state index is 13.8. The highest BCUT2D eigenvalue weighted by molar-refractivity contribution is 5.73. The smallest absolute Gasteiger partial charge is 0.270 e. The van der Waals surface area contributed by atoms with Crippen LogP contribution in [0.15, 0.2) is 61.3 Å². The van der Waals surface area contributed by atoms with Crippen molar-refractivity contribution in [2.45, 2.75) is 83.8 Å².